The monoisotopic (exact) mass is 217 g/mol. The van der Waals surface area contributed by atoms with Crippen molar-refractivity contribution >= 4 is 0 Å². The van der Waals surface area contributed by atoms with Gasteiger partial charge in [0.2, 0.25) is 0 Å². The van der Waals surface area contributed by atoms with Crippen molar-refractivity contribution in [2.75, 3.05) is 7.11 Å². The first-order chi connectivity index (χ1) is 7.72. The van der Waals surface area contributed by atoms with Crippen LogP contribution >= 0.6 is 0 Å². The zero-order chi connectivity index (χ0) is 11.5. The van der Waals surface area contributed by atoms with E-state index in [4.69, 9.17) is 4.74 Å². The molecule has 4 nitrogen and oxygen atoms in total. The summed E-state index contributed by atoms with van der Waals surface area (Å²) in [5, 5.41) is 7.14. The number of nitrogens with one attached hydrogen (secondary N) is 1. The van der Waals surface area contributed by atoms with Gasteiger partial charge in [0, 0.05) is 5.92 Å². The summed E-state index contributed by atoms with van der Waals surface area (Å²) in [6.45, 7) is 4.15. The number of hydrogen-bond donors (Lipinski definition) is 1. The van der Waals surface area contributed by atoms with E-state index in [2.05, 4.69) is 29.0 Å². The third-order valence-electron chi connectivity index (χ3n) is 2.40. The fourth-order valence-electron chi connectivity index (χ4n) is 1.48. The number of aromatic nitrogens is 3. The van der Waals surface area contributed by atoms with Crippen molar-refractivity contribution in [2.45, 2.75) is 19.8 Å². The Hall–Kier alpha value is -1.84. The summed E-state index contributed by atoms with van der Waals surface area (Å²) in [4.78, 5) is 4.44. The minimum Gasteiger partial charge on any atom is -0.496 e. The van der Waals surface area contributed by atoms with Gasteiger partial charge in [-0.2, -0.15) is 5.10 Å². The van der Waals surface area contributed by atoms with Crippen LogP contribution in [0.15, 0.2) is 24.3 Å². The van der Waals surface area contributed by atoms with Crippen LogP contribution in [0.3, 0.4) is 0 Å². The van der Waals surface area contributed by atoms with Crippen LogP contribution in [0.5, 0.6) is 5.75 Å². The quantitative estimate of drug-likeness (QED) is 0.859. The standard InChI is InChI=1S/C12H15N3O/c1-8(2)11-13-12(15-14-11)9-6-4-5-7-10(9)16-3/h4-8H,1-3H3,(H,13,14,15). The molecule has 0 atom stereocenters. The molecule has 0 aliphatic carbocycles. The van der Waals surface area contributed by atoms with Gasteiger partial charge in [-0.05, 0) is 12.1 Å². The number of hydrogen-bond acceptors (Lipinski definition) is 3. The summed E-state index contributed by atoms with van der Waals surface area (Å²) in [5.74, 6) is 2.70. The van der Waals surface area contributed by atoms with Crippen LogP contribution in [0.1, 0.15) is 25.6 Å². The molecule has 0 saturated carbocycles. The Labute approximate surface area is 94.7 Å². The van der Waals surface area contributed by atoms with Crippen LogP contribution in [0.25, 0.3) is 11.4 Å². The van der Waals surface area contributed by atoms with Gasteiger partial charge in [-0.1, -0.05) is 26.0 Å². The summed E-state index contributed by atoms with van der Waals surface area (Å²) in [6.07, 6.45) is 0. The molecule has 2 aromatic rings. The first-order valence-corrected chi connectivity index (χ1v) is 5.28. The first-order valence-electron chi connectivity index (χ1n) is 5.28. The maximum absolute atomic E-state index is 5.28. The first kappa shape index (κ1) is 10.7. The minimum atomic E-state index is 0.343. The number of aromatic amines is 1. The van der Waals surface area contributed by atoms with Gasteiger partial charge in [0.1, 0.15) is 11.6 Å². The average Bonchev–Trinajstić information content (AvgIpc) is 2.78. The predicted molar refractivity (Wildman–Crippen MR) is 62.5 cm³/mol. The highest BCUT2D eigenvalue weighted by atomic mass is 16.5. The molecule has 0 radical (unpaired) electrons. The van der Waals surface area contributed by atoms with Gasteiger partial charge in [0.05, 0.1) is 12.7 Å². The van der Waals surface area contributed by atoms with E-state index in [1.165, 1.54) is 0 Å². The van der Waals surface area contributed by atoms with Crippen LogP contribution in [0.2, 0.25) is 0 Å². The van der Waals surface area contributed by atoms with Crippen LogP contribution in [0, 0.1) is 0 Å². The van der Waals surface area contributed by atoms with Gasteiger partial charge in [-0.15, -0.1) is 0 Å². The van der Waals surface area contributed by atoms with Crippen molar-refractivity contribution in [3.05, 3.63) is 30.1 Å². The SMILES string of the molecule is COc1ccccc1-c1n[nH]c(C(C)C)n1. The number of methoxy groups -OCH3 is 1. The molecule has 0 aliphatic rings. The lowest BCUT2D eigenvalue weighted by atomic mass is 10.2. The third-order valence-corrected chi connectivity index (χ3v) is 2.40. The molecule has 16 heavy (non-hydrogen) atoms. The molecule has 0 spiro atoms. The summed E-state index contributed by atoms with van der Waals surface area (Å²) < 4.78 is 5.28. The highest BCUT2D eigenvalue weighted by Gasteiger charge is 2.11. The number of ether oxygens (including phenoxy) is 1. The van der Waals surface area contributed by atoms with E-state index in [1.807, 2.05) is 24.3 Å². The molecule has 0 bridgehead atoms. The van der Waals surface area contributed by atoms with Crippen molar-refractivity contribution in [2.24, 2.45) is 0 Å². The smallest absolute Gasteiger partial charge is 0.184 e. The Kier molecular flexibility index (Phi) is 2.90. The van der Waals surface area contributed by atoms with Crippen molar-refractivity contribution < 1.29 is 4.74 Å². The van der Waals surface area contributed by atoms with Gasteiger partial charge < -0.3 is 4.74 Å². The topological polar surface area (TPSA) is 50.8 Å². The van der Waals surface area contributed by atoms with E-state index in [-0.39, 0.29) is 0 Å². The normalized spacial score (nSPS) is 10.8. The van der Waals surface area contributed by atoms with E-state index in [0.717, 1.165) is 17.1 Å². The highest BCUT2D eigenvalue weighted by molar-refractivity contribution is 5.63. The van der Waals surface area contributed by atoms with Crippen LogP contribution in [0.4, 0.5) is 0 Å². The molecule has 0 saturated heterocycles. The molecule has 0 amide bonds. The molecule has 0 unspecified atom stereocenters. The Morgan fingerprint density at radius 1 is 1.25 bits per heavy atom. The lowest BCUT2D eigenvalue weighted by Crippen LogP contribution is -1.90. The summed E-state index contributed by atoms with van der Waals surface area (Å²) >= 11 is 0. The van der Waals surface area contributed by atoms with Crippen molar-refractivity contribution in [1.29, 1.82) is 0 Å². The Morgan fingerprint density at radius 2 is 2.00 bits per heavy atom. The second kappa shape index (κ2) is 4.35. The van der Waals surface area contributed by atoms with E-state index >= 15 is 0 Å². The van der Waals surface area contributed by atoms with Crippen molar-refractivity contribution in [3.63, 3.8) is 0 Å². The van der Waals surface area contributed by atoms with E-state index in [9.17, 15) is 0 Å². The summed E-state index contributed by atoms with van der Waals surface area (Å²) in [6, 6.07) is 7.73. The van der Waals surface area contributed by atoms with E-state index in [0.29, 0.717) is 11.7 Å². The third kappa shape index (κ3) is 1.91. The number of rotatable bonds is 3. The second-order valence-electron chi connectivity index (χ2n) is 3.90. The lowest BCUT2D eigenvalue weighted by molar-refractivity contribution is 0.416. The fourth-order valence-corrected chi connectivity index (χ4v) is 1.48. The molecule has 1 aromatic carbocycles. The van der Waals surface area contributed by atoms with Gasteiger partial charge >= 0.3 is 0 Å². The Balaban J connectivity index is 2.42. The molecule has 1 aromatic heterocycles. The minimum absolute atomic E-state index is 0.343. The zero-order valence-corrected chi connectivity index (χ0v) is 9.69. The molecule has 84 valence electrons. The van der Waals surface area contributed by atoms with E-state index < -0.39 is 0 Å². The number of nitrogens with zero attached hydrogens (tertiary/aromatic N) is 2. The molecule has 4 heteroatoms. The second-order valence-corrected chi connectivity index (χ2v) is 3.90. The molecular weight excluding hydrogens is 202 g/mol. The largest absolute Gasteiger partial charge is 0.496 e. The van der Waals surface area contributed by atoms with Gasteiger partial charge in [-0.25, -0.2) is 4.98 Å². The average molecular weight is 217 g/mol. The maximum Gasteiger partial charge on any atom is 0.184 e. The maximum atomic E-state index is 5.28. The van der Waals surface area contributed by atoms with E-state index in [1.54, 1.807) is 7.11 Å². The fraction of sp³-hybridized carbons (Fsp3) is 0.333. The van der Waals surface area contributed by atoms with Gasteiger partial charge in [0.15, 0.2) is 5.82 Å². The Bertz CT molecular complexity index is 477. The highest BCUT2D eigenvalue weighted by Crippen LogP contribution is 2.27. The van der Waals surface area contributed by atoms with Crippen molar-refractivity contribution in [1.82, 2.24) is 15.2 Å². The molecular formula is C12H15N3O. The van der Waals surface area contributed by atoms with Crippen LogP contribution in [-0.4, -0.2) is 22.3 Å². The molecule has 1 heterocycles. The van der Waals surface area contributed by atoms with Crippen LogP contribution < -0.4 is 4.74 Å². The summed E-state index contributed by atoms with van der Waals surface area (Å²) in [7, 11) is 1.65. The number of H-pyrrole nitrogens is 1. The van der Waals surface area contributed by atoms with Gasteiger partial charge in [0.25, 0.3) is 0 Å². The molecule has 0 fully saturated rings. The van der Waals surface area contributed by atoms with Crippen LogP contribution in [-0.2, 0) is 0 Å². The number of benzene rings is 1. The molecule has 1 N–H and O–H groups in total. The Morgan fingerprint density at radius 3 is 2.62 bits per heavy atom. The van der Waals surface area contributed by atoms with Crippen molar-refractivity contribution in [3.8, 4) is 17.1 Å². The summed E-state index contributed by atoms with van der Waals surface area (Å²) in [5.41, 5.74) is 0.910. The molecule has 0 aliphatic heterocycles. The zero-order valence-electron chi connectivity index (χ0n) is 9.69. The number of para-hydroxylation sites is 1. The molecule has 2 rings (SSSR count). The predicted octanol–water partition coefficient (Wildman–Crippen LogP) is 2.60. The lowest BCUT2D eigenvalue weighted by Gasteiger charge is -2.03. The van der Waals surface area contributed by atoms with Gasteiger partial charge in [-0.3, -0.25) is 5.10 Å².